The van der Waals surface area contributed by atoms with Crippen molar-refractivity contribution in [2.45, 2.75) is 32.9 Å². The van der Waals surface area contributed by atoms with E-state index in [1.807, 2.05) is 41.3 Å². The summed E-state index contributed by atoms with van der Waals surface area (Å²) in [5.41, 5.74) is 3.13. The summed E-state index contributed by atoms with van der Waals surface area (Å²) >= 11 is 0. The third-order valence-electron chi connectivity index (χ3n) is 4.96. The Morgan fingerprint density at radius 1 is 1.12 bits per heavy atom. The summed E-state index contributed by atoms with van der Waals surface area (Å²) in [6.45, 7) is 5.92. The number of anilines is 2. The number of rotatable bonds is 3. The van der Waals surface area contributed by atoms with Crippen molar-refractivity contribution < 1.29 is 9.53 Å². The fraction of sp³-hybridized carbons (Fsp3) is 0.350. The van der Waals surface area contributed by atoms with E-state index in [1.54, 1.807) is 14.0 Å². The van der Waals surface area contributed by atoms with E-state index in [0.717, 1.165) is 22.7 Å². The second-order valence-electron chi connectivity index (χ2n) is 6.40. The largest absolute Gasteiger partial charge is 0.497 e. The Kier molecular flexibility index (Phi) is 4.47. The van der Waals surface area contributed by atoms with Gasteiger partial charge in [0.1, 0.15) is 5.75 Å². The minimum absolute atomic E-state index is 0.0685. The summed E-state index contributed by atoms with van der Waals surface area (Å²) in [5, 5.41) is 3.63. The zero-order valence-corrected chi connectivity index (χ0v) is 14.6. The number of carbonyl (C=O) groups is 1. The number of fused-ring (bicyclic) bond motifs is 1. The van der Waals surface area contributed by atoms with Crippen LogP contribution in [-0.2, 0) is 4.79 Å². The highest BCUT2D eigenvalue weighted by atomic mass is 16.5. The molecule has 1 amide bonds. The summed E-state index contributed by atoms with van der Waals surface area (Å²) in [6.07, 6.45) is 0. The number of amides is 1. The second-order valence-corrected chi connectivity index (χ2v) is 6.40. The number of carbonyl (C=O) groups excluding carboxylic acids is 1. The molecular formula is C20H24N2O2. The Bertz CT molecular complexity index is 730. The van der Waals surface area contributed by atoms with E-state index >= 15 is 0 Å². The van der Waals surface area contributed by atoms with Crippen LogP contribution in [0.3, 0.4) is 0 Å². The van der Waals surface area contributed by atoms with Gasteiger partial charge in [0.2, 0.25) is 5.91 Å². The monoisotopic (exact) mass is 324 g/mol. The van der Waals surface area contributed by atoms with Gasteiger partial charge in [-0.15, -0.1) is 0 Å². The normalized spacial score (nSPS) is 22.7. The van der Waals surface area contributed by atoms with Gasteiger partial charge in [-0.2, -0.15) is 0 Å². The molecule has 24 heavy (non-hydrogen) atoms. The molecule has 2 aromatic rings. The van der Waals surface area contributed by atoms with Gasteiger partial charge in [-0.3, -0.25) is 4.79 Å². The molecule has 1 aliphatic heterocycles. The second kappa shape index (κ2) is 6.56. The van der Waals surface area contributed by atoms with Crippen molar-refractivity contribution >= 4 is 17.3 Å². The van der Waals surface area contributed by atoms with E-state index in [4.69, 9.17) is 4.74 Å². The SMILES string of the molecule is COc1ccc2c(c1)C(Nc1ccccc1)C(C)C(C)N2C(C)=O. The van der Waals surface area contributed by atoms with Crippen LogP contribution >= 0.6 is 0 Å². The molecule has 0 saturated heterocycles. The maximum atomic E-state index is 12.2. The molecule has 3 atom stereocenters. The fourth-order valence-electron chi connectivity index (χ4n) is 3.52. The van der Waals surface area contributed by atoms with Crippen molar-refractivity contribution in [3.63, 3.8) is 0 Å². The van der Waals surface area contributed by atoms with E-state index < -0.39 is 0 Å². The topological polar surface area (TPSA) is 41.6 Å². The summed E-state index contributed by atoms with van der Waals surface area (Å²) in [4.78, 5) is 14.1. The molecule has 1 heterocycles. The van der Waals surface area contributed by atoms with Crippen LogP contribution in [0.1, 0.15) is 32.4 Å². The average molecular weight is 324 g/mol. The van der Waals surface area contributed by atoms with Gasteiger partial charge in [0.05, 0.1) is 13.2 Å². The number of methoxy groups -OCH3 is 1. The quantitative estimate of drug-likeness (QED) is 0.918. The van der Waals surface area contributed by atoms with E-state index in [2.05, 4.69) is 31.3 Å². The first-order chi connectivity index (χ1) is 11.5. The first-order valence-corrected chi connectivity index (χ1v) is 8.32. The van der Waals surface area contributed by atoms with Crippen molar-refractivity contribution in [1.82, 2.24) is 0 Å². The molecule has 0 bridgehead atoms. The Balaban J connectivity index is 2.08. The summed E-state index contributed by atoms with van der Waals surface area (Å²) in [7, 11) is 1.67. The molecule has 2 aromatic carbocycles. The van der Waals surface area contributed by atoms with Crippen LogP contribution in [0.5, 0.6) is 5.75 Å². The van der Waals surface area contributed by atoms with Crippen LogP contribution in [0.15, 0.2) is 48.5 Å². The van der Waals surface area contributed by atoms with Gasteiger partial charge in [0.25, 0.3) is 0 Å². The van der Waals surface area contributed by atoms with Crippen LogP contribution in [-0.4, -0.2) is 19.1 Å². The molecule has 4 heteroatoms. The van der Waals surface area contributed by atoms with E-state index in [9.17, 15) is 4.79 Å². The lowest BCUT2D eigenvalue weighted by molar-refractivity contribution is -0.117. The number of hydrogen-bond acceptors (Lipinski definition) is 3. The predicted molar refractivity (Wildman–Crippen MR) is 97.6 cm³/mol. The average Bonchev–Trinajstić information content (AvgIpc) is 2.59. The minimum Gasteiger partial charge on any atom is -0.497 e. The van der Waals surface area contributed by atoms with Gasteiger partial charge in [0.15, 0.2) is 0 Å². The lowest BCUT2D eigenvalue weighted by atomic mass is 9.82. The number of nitrogens with zero attached hydrogens (tertiary/aromatic N) is 1. The van der Waals surface area contributed by atoms with Crippen LogP contribution in [0.25, 0.3) is 0 Å². The third-order valence-corrected chi connectivity index (χ3v) is 4.96. The van der Waals surface area contributed by atoms with Crippen LogP contribution in [0.4, 0.5) is 11.4 Å². The molecule has 0 radical (unpaired) electrons. The highest BCUT2D eigenvalue weighted by Crippen LogP contribution is 2.43. The molecule has 0 aliphatic carbocycles. The van der Waals surface area contributed by atoms with Crippen LogP contribution in [0, 0.1) is 5.92 Å². The molecule has 4 nitrogen and oxygen atoms in total. The number of para-hydroxylation sites is 1. The number of hydrogen-bond donors (Lipinski definition) is 1. The first kappa shape index (κ1) is 16.4. The van der Waals surface area contributed by atoms with Crippen LogP contribution in [0.2, 0.25) is 0 Å². The van der Waals surface area contributed by atoms with E-state index in [1.165, 1.54) is 0 Å². The van der Waals surface area contributed by atoms with Gasteiger partial charge < -0.3 is 15.0 Å². The first-order valence-electron chi connectivity index (χ1n) is 8.32. The Morgan fingerprint density at radius 2 is 1.83 bits per heavy atom. The summed E-state index contributed by atoms with van der Waals surface area (Å²) < 4.78 is 5.41. The molecule has 3 rings (SSSR count). The molecule has 3 unspecified atom stereocenters. The standard InChI is InChI=1S/C20H24N2O2/c1-13-14(2)22(15(3)23)19-11-10-17(24-4)12-18(19)20(13)21-16-8-6-5-7-9-16/h5-14,20-21H,1-4H3. The van der Waals surface area contributed by atoms with Gasteiger partial charge in [-0.1, -0.05) is 25.1 Å². The lowest BCUT2D eigenvalue weighted by Crippen LogP contribution is -2.48. The zero-order valence-electron chi connectivity index (χ0n) is 14.6. The smallest absolute Gasteiger partial charge is 0.224 e. The third kappa shape index (κ3) is 2.84. The van der Waals surface area contributed by atoms with Crippen molar-refractivity contribution in [2.75, 3.05) is 17.3 Å². The van der Waals surface area contributed by atoms with Crippen molar-refractivity contribution in [3.8, 4) is 5.75 Å². The van der Waals surface area contributed by atoms with Crippen LogP contribution < -0.4 is 15.0 Å². The predicted octanol–water partition coefficient (Wildman–Crippen LogP) is 4.24. The number of benzene rings is 2. The number of ether oxygens (including phenoxy) is 1. The van der Waals surface area contributed by atoms with E-state index in [0.29, 0.717) is 0 Å². The maximum absolute atomic E-state index is 12.2. The molecule has 126 valence electrons. The minimum atomic E-state index is 0.0685. The molecule has 0 spiro atoms. The zero-order chi connectivity index (χ0) is 17.3. The highest BCUT2D eigenvalue weighted by molar-refractivity contribution is 5.94. The van der Waals surface area contributed by atoms with Gasteiger partial charge in [-0.25, -0.2) is 0 Å². The Hall–Kier alpha value is -2.49. The Labute approximate surface area is 143 Å². The van der Waals surface area contributed by atoms with Crippen molar-refractivity contribution in [3.05, 3.63) is 54.1 Å². The van der Waals surface area contributed by atoms with Gasteiger partial charge in [-0.05, 0) is 37.3 Å². The van der Waals surface area contributed by atoms with Crippen molar-refractivity contribution in [2.24, 2.45) is 5.92 Å². The van der Waals surface area contributed by atoms with Gasteiger partial charge in [0, 0.05) is 35.8 Å². The fourth-order valence-corrected chi connectivity index (χ4v) is 3.52. The highest BCUT2D eigenvalue weighted by Gasteiger charge is 2.38. The van der Waals surface area contributed by atoms with Crippen molar-refractivity contribution in [1.29, 1.82) is 0 Å². The summed E-state index contributed by atoms with van der Waals surface area (Å²) in [5.74, 6) is 1.13. The summed E-state index contributed by atoms with van der Waals surface area (Å²) in [6, 6.07) is 16.3. The Morgan fingerprint density at radius 3 is 2.46 bits per heavy atom. The molecule has 0 fully saturated rings. The molecule has 0 aromatic heterocycles. The molecule has 0 saturated carbocycles. The van der Waals surface area contributed by atoms with E-state index in [-0.39, 0.29) is 23.9 Å². The molecular weight excluding hydrogens is 300 g/mol. The molecule has 1 N–H and O–H groups in total. The molecule has 1 aliphatic rings. The lowest BCUT2D eigenvalue weighted by Gasteiger charge is -2.44. The maximum Gasteiger partial charge on any atom is 0.224 e. The number of nitrogens with one attached hydrogen (secondary N) is 1. The van der Waals surface area contributed by atoms with Gasteiger partial charge >= 0.3 is 0 Å².